The lowest BCUT2D eigenvalue weighted by molar-refractivity contribution is -0.139. The van der Waals surface area contributed by atoms with Crippen LogP contribution in [0.5, 0.6) is 11.5 Å². The number of ether oxygens (including phenoxy) is 2. The number of para-hydroxylation sites is 1. The normalized spacial score (nSPS) is 11.7. The molecule has 0 radical (unpaired) electrons. The zero-order chi connectivity index (χ0) is 26.2. The molecule has 192 valence electrons. The van der Waals surface area contributed by atoms with E-state index in [-0.39, 0.29) is 12.5 Å². The molecule has 4 aromatic rings. The van der Waals surface area contributed by atoms with Crippen molar-refractivity contribution >= 4 is 28.5 Å². The first-order valence-corrected chi connectivity index (χ1v) is 12.2. The van der Waals surface area contributed by atoms with E-state index in [0.29, 0.717) is 36.8 Å². The Bertz CT molecular complexity index is 1360. The van der Waals surface area contributed by atoms with Gasteiger partial charge < -0.3 is 30.2 Å². The summed E-state index contributed by atoms with van der Waals surface area (Å²) in [7, 11) is 0. The van der Waals surface area contributed by atoms with Crippen molar-refractivity contribution in [3.8, 4) is 11.5 Å². The fraction of sp³-hybridized carbons (Fsp3) is 0.241. The number of amides is 1. The van der Waals surface area contributed by atoms with Gasteiger partial charge in [-0.15, -0.1) is 0 Å². The largest absolute Gasteiger partial charge is 0.490 e. The van der Waals surface area contributed by atoms with E-state index in [9.17, 15) is 14.7 Å². The van der Waals surface area contributed by atoms with Gasteiger partial charge in [0, 0.05) is 35.8 Å². The van der Waals surface area contributed by atoms with Gasteiger partial charge >= 0.3 is 5.97 Å². The number of aliphatic carboxylic acids is 1. The molecule has 1 aromatic heterocycles. The number of hydrogen-bond donors (Lipinski definition) is 4. The number of carboxylic acids is 1. The van der Waals surface area contributed by atoms with Crippen LogP contribution in [0, 0.1) is 6.92 Å². The van der Waals surface area contributed by atoms with Crippen molar-refractivity contribution in [3.05, 3.63) is 89.6 Å². The highest BCUT2D eigenvalue weighted by atomic mass is 16.5. The van der Waals surface area contributed by atoms with Crippen molar-refractivity contribution in [1.82, 2.24) is 10.3 Å². The standard InChI is InChI=1S/C29H31N3O5/c1-3-36-27-14-20(10-13-26(27)37-18-28(33)32-22-11-8-19(2)9-12-22)16-30-25(29(34)35)15-21-17-31-24-7-5-4-6-23(21)24/h4-14,17,25,30-31H,3,15-16,18H2,1-2H3,(H,32,33)(H,34,35)/t25-/m1/s1. The Morgan fingerprint density at radius 2 is 1.78 bits per heavy atom. The first-order chi connectivity index (χ1) is 17.9. The Hall–Kier alpha value is -4.30. The minimum absolute atomic E-state index is 0.169. The van der Waals surface area contributed by atoms with Crippen LogP contribution in [-0.2, 0) is 22.6 Å². The van der Waals surface area contributed by atoms with E-state index in [1.54, 1.807) is 12.1 Å². The lowest BCUT2D eigenvalue weighted by Crippen LogP contribution is -2.38. The molecule has 0 aliphatic heterocycles. The summed E-state index contributed by atoms with van der Waals surface area (Å²) in [6.45, 7) is 4.42. The SMILES string of the molecule is CCOc1cc(CN[C@H](Cc2c[nH]c3ccccc23)C(=O)O)ccc1OCC(=O)Nc1ccc(C)cc1. The number of anilines is 1. The van der Waals surface area contributed by atoms with E-state index in [4.69, 9.17) is 9.47 Å². The first kappa shape index (κ1) is 25.8. The van der Waals surface area contributed by atoms with Gasteiger partial charge in [-0.25, -0.2) is 0 Å². The number of fused-ring (bicyclic) bond motifs is 1. The van der Waals surface area contributed by atoms with Crippen LogP contribution in [0.4, 0.5) is 5.69 Å². The predicted octanol–water partition coefficient (Wildman–Crippen LogP) is 4.68. The summed E-state index contributed by atoms with van der Waals surface area (Å²) < 4.78 is 11.4. The number of H-pyrrole nitrogens is 1. The molecular formula is C29H31N3O5. The number of carbonyl (C=O) groups excluding carboxylic acids is 1. The van der Waals surface area contributed by atoms with Crippen LogP contribution < -0.4 is 20.1 Å². The molecule has 0 saturated carbocycles. The maximum absolute atomic E-state index is 12.3. The van der Waals surface area contributed by atoms with Crippen LogP contribution in [-0.4, -0.2) is 41.2 Å². The third-order valence-electron chi connectivity index (χ3n) is 5.95. The van der Waals surface area contributed by atoms with Gasteiger partial charge in [0.1, 0.15) is 6.04 Å². The Labute approximate surface area is 215 Å². The summed E-state index contributed by atoms with van der Waals surface area (Å²) in [6.07, 6.45) is 2.20. The second-order valence-corrected chi connectivity index (χ2v) is 8.75. The van der Waals surface area contributed by atoms with E-state index in [1.807, 2.05) is 74.6 Å². The van der Waals surface area contributed by atoms with E-state index in [2.05, 4.69) is 15.6 Å². The maximum atomic E-state index is 12.3. The summed E-state index contributed by atoms with van der Waals surface area (Å²) in [6, 6.07) is 19.9. The number of hydrogen-bond acceptors (Lipinski definition) is 5. The van der Waals surface area contributed by atoms with Crippen LogP contribution in [0.15, 0.2) is 72.9 Å². The number of aromatic nitrogens is 1. The molecule has 0 fully saturated rings. The molecule has 4 N–H and O–H groups in total. The summed E-state index contributed by atoms with van der Waals surface area (Å²) in [5.74, 6) is -0.264. The first-order valence-electron chi connectivity index (χ1n) is 12.2. The lowest BCUT2D eigenvalue weighted by Gasteiger charge is -2.16. The monoisotopic (exact) mass is 501 g/mol. The predicted molar refractivity (Wildman–Crippen MR) is 143 cm³/mol. The Morgan fingerprint density at radius 3 is 2.54 bits per heavy atom. The van der Waals surface area contributed by atoms with Crippen LogP contribution in [0.2, 0.25) is 0 Å². The van der Waals surface area contributed by atoms with Crippen molar-refractivity contribution < 1.29 is 24.2 Å². The van der Waals surface area contributed by atoms with E-state index >= 15 is 0 Å². The molecule has 0 bridgehead atoms. The summed E-state index contributed by atoms with van der Waals surface area (Å²) in [5, 5.41) is 16.7. The van der Waals surface area contributed by atoms with Crippen molar-refractivity contribution in [2.75, 3.05) is 18.5 Å². The van der Waals surface area contributed by atoms with Crippen molar-refractivity contribution in [3.63, 3.8) is 0 Å². The van der Waals surface area contributed by atoms with Gasteiger partial charge in [-0.05, 0) is 55.3 Å². The van der Waals surface area contributed by atoms with Crippen molar-refractivity contribution in [1.29, 1.82) is 0 Å². The third-order valence-corrected chi connectivity index (χ3v) is 5.95. The number of rotatable bonds is 12. The summed E-state index contributed by atoms with van der Waals surface area (Å²) in [5.41, 5.74) is 4.57. The van der Waals surface area contributed by atoms with E-state index in [0.717, 1.165) is 27.6 Å². The number of carbonyl (C=O) groups is 2. The minimum atomic E-state index is -0.921. The van der Waals surface area contributed by atoms with Gasteiger partial charge in [0.2, 0.25) is 0 Å². The van der Waals surface area contributed by atoms with Gasteiger partial charge in [0.15, 0.2) is 18.1 Å². The van der Waals surface area contributed by atoms with Crippen LogP contribution in [0.1, 0.15) is 23.6 Å². The topological polar surface area (TPSA) is 113 Å². The summed E-state index contributed by atoms with van der Waals surface area (Å²) in [4.78, 5) is 27.5. The summed E-state index contributed by atoms with van der Waals surface area (Å²) >= 11 is 0. The molecule has 1 heterocycles. The smallest absolute Gasteiger partial charge is 0.321 e. The highest BCUT2D eigenvalue weighted by molar-refractivity contribution is 5.91. The molecule has 0 spiro atoms. The second-order valence-electron chi connectivity index (χ2n) is 8.75. The average molecular weight is 502 g/mol. The van der Waals surface area contributed by atoms with Crippen LogP contribution in [0.25, 0.3) is 10.9 Å². The molecule has 37 heavy (non-hydrogen) atoms. The Kier molecular flexibility index (Phi) is 8.43. The van der Waals surface area contributed by atoms with Gasteiger partial charge in [0.25, 0.3) is 5.91 Å². The quantitative estimate of drug-likeness (QED) is 0.224. The molecule has 0 unspecified atom stereocenters. The van der Waals surface area contributed by atoms with Crippen LogP contribution >= 0.6 is 0 Å². The van der Waals surface area contributed by atoms with Gasteiger partial charge in [-0.3, -0.25) is 9.59 Å². The van der Waals surface area contributed by atoms with Gasteiger partial charge in [0.05, 0.1) is 6.61 Å². The molecule has 8 nitrogen and oxygen atoms in total. The molecule has 1 amide bonds. The molecular weight excluding hydrogens is 470 g/mol. The number of aryl methyl sites for hydroxylation is 1. The zero-order valence-corrected chi connectivity index (χ0v) is 20.9. The average Bonchev–Trinajstić information content (AvgIpc) is 3.30. The number of benzene rings is 3. The molecule has 0 aliphatic carbocycles. The number of aromatic amines is 1. The lowest BCUT2D eigenvalue weighted by atomic mass is 10.0. The highest BCUT2D eigenvalue weighted by Gasteiger charge is 2.20. The van der Waals surface area contributed by atoms with E-state index < -0.39 is 12.0 Å². The zero-order valence-electron chi connectivity index (χ0n) is 20.9. The molecule has 8 heteroatoms. The van der Waals surface area contributed by atoms with Gasteiger partial charge in [-0.2, -0.15) is 0 Å². The molecule has 1 atom stereocenters. The van der Waals surface area contributed by atoms with Crippen molar-refractivity contribution in [2.45, 2.75) is 32.9 Å². The maximum Gasteiger partial charge on any atom is 0.321 e. The fourth-order valence-electron chi connectivity index (χ4n) is 4.04. The molecule has 3 aromatic carbocycles. The third kappa shape index (κ3) is 6.89. The number of carboxylic acid groups (broad SMARTS) is 1. The van der Waals surface area contributed by atoms with E-state index in [1.165, 1.54) is 0 Å². The highest BCUT2D eigenvalue weighted by Crippen LogP contribution is 2.29. The molecule has 0 aliphatic rings. The molecule has 4 rings (SSSR count). The number of nitrogens with one attached hydrogen (secondary N) is 3. The fourth-order valence-corrected chi connectivity index (χ4v) is 4.04. The Morgan fingerprint density at radius 1 is 1.00 bits per heavy atom. The van der Waals surface area contributed by atoms with Gasteiger partial charge in [-0.1, -0.05) is 42.0 Å². The minimum Gasteiger partial charge on any atom is -0.490 e. The molecule has 0 saturated heterocycles. The second kappa shape index (κ2) is 12.1. The Balaban J connectivity index is 1.37. The van der Waals surface area contributed by atoms with Crippen molar-refractivity contribution in [2.24, 2.45) is 0 Å². The van der Waals surface area contributed by atoms with Crippen LogP contribution in [0.3, 0.4) is 0 Å².